The third-order valence-electron chi connectivity index (χ3n) is 7.23. The summed E-state index contributed by atoms with van der Waals surface area (Å²) in [4.78, 5) is 11.3. The van der Waals surface area contributed by atoms with E-state index < -0.39 is 17.7 Å². The second-order valence-corrected chi connectivity index (χ2v) is 10.3. The Morgan fingerprint density at radius 2 is 1.61 bits per heavy atom. The van der Waals surface area contributed by atoms with Gasteiger partial charge in [0.15, 0.2) is 0 Å². The zero-order chi connectivity index (χ0) is 30.9. The first-order chi connectivity index (χ1) is 21.3. The monoisotopic (exact) mass is 598 g/mol. The van der Waals surface area contributed by atoms with Crippen molar-refractivity contribution in [3.63, 3.8) is 0 Å². The number of aryl methyl sites for hydroxylation is 1. The number of halogens is 3. The zero-order valence-electron chi connectivity index (χ0n) is 23.5. The Morgan fingerprint density at radius 3 is 2.32 bits per heavy atom. The molecule has 0 aliphatic rings. The molecule has 0 saturated carbocycles. The molecule has 0 radical (unpaired) electrons. The summed E-state index contributed by atoms with van der Waals surface area (Å²) in [5, 5.41) is 23.3. The van der Waals surface area contributed by atoms with E-state index in [1.807, 2.05) is 54.6 Å². The standard InChI is InChI=1S/C34H29F3N4O3/c35-34(36,37)30-7-3-1-6-29(30)22-44-31-8-4-2-5-26(31)16-13-24(21-25-14-19-28(20-15-25)33(42)43)10-9-23-11-17-27(18-12-23)32-38-40-41-39-32/h1-8,11-20,24H,9-10,21-22H2,(H,42,43)(H,38,39,40,41)/b16-13+. The van der Waals surface area contributed by atoms with Gasteiger partial charge in [-0.25, -0.2) is 4.79 Å². The highest BCUT2D eigenvalue weighted by atomic mass is 19.4. The molecule has 0 saturated heterocycles. The van der Waals surface area contributed by atoms with Gasteiger partial charge >= 0.3 is 12.1 Å². The number of ether oxygens (including phenoxy) is 1. The van der Waals surface area contributed by atoms with Crippen LogP contribution in [0.4, 0.5) is 13.2 Å². The van der Waals surface area contributed by atoms with Gasteiger partial charge in [-0.2, -0.15) is 18.4 Å². The normalized spacial score (nSPS) is 12.3. The van der Waals surface area contributed by atoms with Gasteiger partial charge < -0.3 is 9.84 Å². The Morgan fingerprint density at radius 1 is 0.909 bits per heavy atom. The van der Waals surface area contributed by atoms with Crippen LogP contribution in [0.5, 0.6) is 5.75 Å². The maximum Gasteiger partial charge on any atom is 0.416 e. The number of carbonyl (C=O) groups is 1. The number of benzene rings is 4. The first-order valence-corrected chi connectivity index (χ1v) is 14.0. The second kappa shape index (κ2) is 13.8. The topological polar surface area (TPSA) is 101 Å². The van der Waals surface area contributed by atoms with Crippen LogP contribution in [-0.2, 0) is 25.6 Å². The predicted molar refractivity (Wildman–Crippen MR) is 160 cm³/mol. The number of allylic oxidation sites excluding steroid dienone is 1. The molecular formula is C34H29F3N4O3. The van der Waals surface area contributed by atoms with Crippen molar-refractivity contribution in [1.82, 2.24) is 20.6 Å². The number of H-pyrrole nitrogens is 1. The fraction of sp³-hybridized carbons (Fsp3) is 0.176. The van der Waals surface area contributed by atoms with Crippen molar-refractivity contribution in [1.29, 1.82) is 0 Å². The van der Waals surface area contributed by atoms with Gasteiger partial charge in [-0.1, -0.05) is 84.9 Å². The number of para-hydroxylation sites is 1. The van der Waals surface area contributed by atoms with Crippen molar-refractivity contribution in [2.75, 3.05) is 0 Å². The number of carboxylic acid groups (broad SMARTS) is 1. The number of carboxylic acids is 1. The van der Waals surface area contributed by atoms with E-state index in [0.717, 1.165) is 41.2 Å². The number of hydrogen-bond acceptors (Lipinski definition) is 5. The Balaban J connectivity index is 1.33. The van der Waals surface area contributed by atoms with E-state index in [9.17, 15) is 23.1 Å². The van der Waals surface area contributed by atoms with Crippen LogP contribution in [0.25, 0.3) is 17.5 Å². The molecule has 224 valence electrons. The molecule has 0 aliphatic carbocycles. The van der Waals surface area contributed by atoms with Crippen LogP contribution in [0.2, 0.25) is 0 Å². The fourth-order valence-electron chi connectivity index (χ4n) is 4.88. The Kier molecular flexibility index (Phi) is 9.49. The van der Waals surface area contributed by atoms with E-state index in [2.05, 4.69) is 26.7 Å². The van der Waals surface area contributed by atoms with Crippen molar-refractivity contribution in [3.05, 3.63) is 137 Å². The summed E-state index contributed by atoms with van der Waals surface area (Å²) in [6.07, 6.45) is 1.77. The lowest BCUT2D eigenvalue weighted by Gasteiger charge is -2.16. The molecule has 1 unspecified atom stereocenters. The smallest absolute Gasteiger partial charge is 0.416 e. The van der Waals surface area contributed by atoms with Crippen LogP contribution < -0.4 is 4.74 Å². The van der Waals surface area contributed by atoms with Crippen molar-refractivity contribution < 1.29 is 27.8 Å². The van der Waals surface area contributed by atoms with Gasteiger partial charge in [0.2, 0.25) is 5.82 Å². The fourth-order valence-corrected chi connectivity index (χ4v) is 4.88. The van der Waals surface area contributed by atoms with Crippen LogP contribution >= 0.6 is 0 Å². The van der Waals surface area contributed by atoms with Crippen molar-refractivity contribution in [2.45, 2.75) is 32.0 Å². The van der Waals surface area contributed by atoms with E-state index >= 15 is 0 Å². The summed E-state index contributed by atoms with van der Waals surface area (Å²) in [7, 11) is 0. The van der Waals surface area contributed by atoms with Gasteiger partial charge in [0.25, 0.3) is 0 Å². The zero-order valence-corrected chi connectivity index (χ0v) is 23.5. The van der Waals surface area contributed by atoms with Crippen molar-refractivity contribution >= 4 is 12.0 Å². The lowest BCUT2D eigenvalue weighted by atomic mass is 9.91. The number of aromatic amines is 1. The average Bonchev–Trinajstić information content (AvgIpc) is 3.57. The second-order valence-electron chi connectivity index (χ2n) is 10.3. The number of tetrazole rings is 1. The Hall–Kier alpha value is -5.25. The molecule has 10 heteroatoms. The molecule has 5 aromatic rings. The lowest BCUT2D eigenvalue weighted by molar-refractivity contribution is -0.138. The molecular weight excluding hydrogens is 569 g/mol. The summed E-state index contributed by atoms with van der Waals surface area (Å²) < 4.78 is 46.3. The summed E-state index contributed by atoms with van der Waals surface area (Å²) in [6, 6.07) is 27.4. The molecule has 7 nitrogen and oxygen atoms in total. The molecule has 1 atom stereocenters. The van der Waals surface area contributed by atoms with Gasteiger partial charge in [0.05, 0.1) is 11.1 Å². The van der Waals surface area contributed by atoms with Crippen LogP contribution in [0.1, 0.15) is 44.6 Å². The number of nitrogens with one attached hydrogen (secondary N) is 1. The average molecular weight is 599 g/mol. The Bertz CT molecular complexity index is 1700. The van der Waals surface area contributed by atoms with Crippen LogP contribution in [0.15, 0.2) is 103 Å². The summed E-state index contributed by atoms with van der Waals surface area (Å²) in [6.45, 7) is -0.222. The quantitative estimate of drug-likeness (QED) is 0.153. The van der Waals surface area contributed by atoms with Crippen LogP contribution in [-0.4, -0.2) is 31.7 Å². The van der Waals surface area contributed by atoms with Gasteiger partial charge in [-0.3, -0.25) is 0 Å². The third kappa shape index (κ3) is 7.97. The molecule has 0 aliphatic heterocycles. The lowest BCUT2D eigenvalue weighted by Crippen LogP contribution is -2.10. The van der Waals surface area contributed by atoms with Gasteiger partial charge in [-0.05, 0) is 65.8 Å². The van der Waals surface area contributed by atoms with Gasteiger partial charge in [0.1, 0.15) is 12.4 Å². The molecule has 1 heterocycles. The number of alkyl halides is 3. The minimum atomic E-state index is -4.47. The molecule has 0 amide bonds. The summed E-state index contributed by atoms with van der Waals surface area (Å²) in [5.74, 6) is 0.0839. The largest absolute Gasteiger partial charge is 0.488 e. The number of aromatic nitrogens is 4. The number of nitrogens with zero attached hydrogens (tertiary/aromatic N) is 3. The van der Waals surface area contributed by atoms with Gasteiger partial charge in [0, 0.05) is 16.7 Å². The number of aromatic carboxylic acids is 1. The first kappa shape index (κ1) is 30.2. The molecule has 0 bridgehead atoms. The number of hydrogen-bond donors (Lipinski definition) is 2. The molecule has 5 rings (SSSR count). The maximum atomic E-state index is 13.5. The van der Waals surface area contributed by atoms with Gasteiger partial charge in [-0.15, -0.1) is 10.2 Å². The molecule has 2 N–H and O–H groups in total. The molecule has 44 heavy (non-hydrogen) atoms. The highest BCUT2D eigenvalue weighted by Gasteiger charge is 2.33. The van der Waals surface area contributed by atoms with Crippen LogP contribution in [0.3, 0.4) is 0 Å². The van der Waals surface area contributed by atoms with Crippen LogP contribution in [0, 0.1) is 5.92 Å². The van der Waals surface area contributed by atoms with E-state index in [-0.39, 0.29) is 23.7 Å². The first-order valence-electron chi connectivity index (χ1n) is 14.0. The van der Waals surface area contributed by atoms with Crippen molar-refractivity contribution in [2.24, 2.45) is 5.92 Å². The highest BCUT2D eigenvalue weighted by molar-refractivity contribution is 5.87. The molecule has 0 spiro atoms. The minimum Gasteiger partial charge on any atom is -0.488 e. The van der Waals surface area contributed by atoms with E-state index in [1.165, 1.54) is 12.1 Å². The molecule has 1 aromatic heterocycles. The minimum absolute atomic E-state index is 0.0619. The predicted octanol–water partition coefficient (Wildman–Crippen LogP) is 7.67. The van der Waals surface area contributed by atoms with E-state index in [0.29, 0.717) is 18.0 Å². The summed E-state index contributed by atoms with van der Waals surface area (Å²) >= 11 is 0. The molecule has 4 aromatic carbocycles. The number of rotatable bonds is 12. The SMILES string of the molecule is O=C(O)c1ccc(CC(/C=C/c2ccccc2OCc2ccccc2C(F)(F)F)CCc2ccc(-c3nn[nH]n3)cc2)cc1. The maximum absolute atomic E-state index is 13.5. The molecule has 0 fully saturated rings. The third-order valence-corrected chi connectivity index (χ3v) is 7.23. The van der Waals surface area contributed by atoms with Crippen molar-refractivity contribution in [3.8, 4) is 17.1 Å². The van der Waals surface area contributed by atoms with E-state index in [1.54, 1.807) is 30.3 Å². The summed E-state index contributed by atoms with van der Waals surface area (Å²) in [5.41, 5.74) is 3.29. The van der Waals surface area contributed by atoms with E-state index in [4.69, 9.17) is 4.74 Å². The Labute approximate surface area is 252 Å². The highest BCUT2D eigenvalue weighted by Crippen LogP contribution is 2.33.